The van der Waals surface area contributed by atoms with Crippen molar-refractivity contribution in [3.05, 3.63) is 18.1 Å². The van der Waals surface area contributed by atoms with Gasteiger partial charge in [-0.15, -0.1) is 0 Å². The third kappa shape index (κ3) is 1.54. The van der Waals surface area contributed by atoms with E-state index in [1.54, 1.807) is 13.0 Å². The molecule has 0 aromatic carbocycles. The second-order valence-corrected chi connectivity index (χ2v) is 2.70. The van der Waals surface area contributed by atoms with Crippen LogP contribution in [0, 0.1) is 6.92 Å². The highest BCUT2D eigenvalue weighted by atomic mass is 32.2. The first-order valence-corrected chi connectivity index (χ1v) is 3.46. The number of carbonyl (C=O) groups is 1. The molecule has 1 rings (SSSR count). The predicted molar refractivity (Wildman–Crippen MR) is 37.3 cm³/mol. The standard InChI is InChI=1S/C6H6O3S/c1-4-5(2-3-9-4)10-6(7)8/h2-3H,1H3,(H,7,8). The Morgan fingerprint density at radius 3 is 2.90 bits per heavy atom. The predicted octanol–water partition coefficient (Wildman–Crippen LogP) is 2.36. The number of hydrogen-bond acceptors (Lipinski definition) is 3. The van der Waals surface area contributed by atoms with Crippen molar-refractivity contribution in [2.24, 2.45) is 0 Å². The van der Waals surface area contributed by atoms with E-state index < -0.39 is 5.30 Å². The average molecular weight is 158 g/mol. The van der Waals surface area contributed by atoms with Gasteiger partial charge in [-0.2, -0.15) is 0 Å². The summed E-state index contributed by atoms with van der Waals surface area (Å²) in [6.45, 7) is 1.73. The molecule has 0 aliphatic heterocycles. The van der Waals surface area contributed by atoms with Gasteiger partial charge in [-0.25, -0.2) is 4.79 Å². The number of rotatable bonds is 1. The molecular weight excluding hydrogens is 152 g/mol. The van der Waals surface area contributed by atoms with Crippen LogP contribution < -0.4 is 0 Å². The lowest BCUT2D eigenvalue weighted by Crippen LogP contribution is -1.81. The van der Waals surface area contributed by atoms with Gasteiger partial charge >= 0.3 is 5.30 Å². The van der Waals surface area contributed by atoms with Crippen LogP contribution >= 0.6 is 11.8 Å². The zero-order valence-corrected chi connectivity index (χ0v) is 6.14. The minimum atomic E-state index is -0.912. The van der Waals surface area contributed by atoms with Crippen molar-refractivity contribution in [2.75, 3.05) is 0 Å². The van der Waals surface area contributed by atoms with E-state index in [9.17, 15) is 4.79 Å². The molecule has 0 fully saturated rings. The summed E-state index contributed by atoms with van der Waals surface area (Å²) in [7, 11) is 0. The molecule has 3 nitrogen and oxygen atoms in total. The smallest absolute Gasteiger partial charge is 0.369 e. The lowest BCUT2D eigenvalue weighted by molar-refractivity contribution is 0.222. The first kappa shape index (κ1) is 7.21. The van der Waals surface area contributed by atoms with E-state index in [0.717, 1.165) is 11.8 Å². The fraction of sp³-hybridized carbons (Fsp3) is 0.167. The van der Waals surface area contributed by atoms with Gasteiger partial charge in [0, 0.05) is 0 Å². The van der Waals surface area contributed by atoms with Gasteiger partial charge in [-0.05, 0) is 24.8 Å². The Kier molecular flexibility index (Phi) is 2.01. The van der Waals surface area contributed by atoms with Gasteiger partial charge in [0.05, 0.1) is 11.2 Å². The highest BCUT2D eigenvalue weighted by molar-refractivity contribution is 8.13. The van der Waals surface area contributed by atoms with Crippen LogP contribution in [0.2, 0.25) is 0 Å². The minimum Gasteiger partial charge on any atom is -0.473 e. The van der Waals surface area contributed by atoms with Crippen LogP contribution in [-0.4, -0.2) is 10.4 Å². The summed E-state index contributed by atoms with van der Waals surface area (Å²) in [6.07, 6.45) is 1.47. The molecule has 0 aliphatic rings. The molecule has 1 N–H and O–H groups in total. The number of aryl methyl sites for hydroxylation is 1. The van der Waals surface area contributed by atoms with E-state index in [-0.39, 0.29) is 0 Å². The largest absolute Gasteiger partial charge is 0.473 e. The molecular formula is C6H6O3S. The molecule has 0 atom stereocenters. The van der Waals surface area contributed by atoms with E-state index in [0.29, 0.717) is 10.7 Å². The van der Waals surface area contributed by atoms with Gasteiger partial charge in [-0.3, -0.25) is 0 Å². The average Bonchev–Trinajstić information content (AvgIpc) is 2.15. The van der Waals surface area contributed by atoms with Crippen LogP contribution in [0.25, 0.3) is 0 Å². The van der Waals surface area contributed by atoms with E-state index >= 15 is 0 Å². The molecule has 54 valence electrons. The van der Waals surface area contributed by atoms with Crippen LogP contribution in [0.4, 0.5) is 4.79 Å². The Balaban J connectivity index is 2.74. The second-order valence-electron chi connectivity index (χ2n) is 1.71. The molecule has 0 saturated heterocycles. The van der Waals surface area contributed by atoms with Crippen molar-refractivity contribution in [3.8, 4) is 0 Å². The van der Waals surface area contributed by atoms with E-state index in [2.05, 4.69) is 0 Å². The molecule has 10 heavy (non-hydrogen) atoms. The fourth-order valence-corrected chi connectivity index (χ4v) is 1.08. The van der Waals surface area contributed by atoms with Crippen molar-refractivity contribution in [2.45, 2.75) is 11.8 Å². The number of thioether (sulfide) groups is 1. The van der Waals surface area contributed by atoms with Crippen molar-refractivity contribution >= 4 is 17.1 Å². The fourth-order valence-electron chi connectivity index (χ4n) is 0.573. The topological polar surface area (TPSA) is 50.4 Å². The SMILES string of the molecule is Cc1occc1SC(=O)O. The maximum absolute atomic E-state index is 10.1. The minimum absolute atomic E-state index is 0.646. The van der Waals surface area contributed by atoms with Gasteiger partial charge in [0.15, 0.2) is 0 Å². The van der Waals surface area contributed by atoms with Gasteiger partial charge in [-0.1, -0.05) is 0 Å². The lowest BCUT2D eigenvalue weighted by Gasteiger charge is -1.89. The highest BCUT2D eigenvalue weighted by Gasteiger charge is 2.05. The Bertz CT molecular complexity index is 241. The Morgan fingerprint density at radius 2 is 2.50 bits per heavy atom. The number of carboxylic acid groups (broad SMARTS) is 1. The Labute approximate surface area is 62.0 Å². The van der Waals surface area contributed by atoms with E-state index in [1.165, 1.54) is 6.26 Å². The molecule has 0 aliphatic carbocycles. The first-order valence-electron chi connectivity index (χ1n) is 2.65. The molecule has 0 radical (unpaired) electrons. The third-order valence-corrected chi connectivity index (χ3v) is 1.83. The summed E-state index contributed by atoms with van der Waals surface area (Å²) in [5.74, 6) is 0.646. The van der Waals surface area contributed by atoms with Gasteiger partial charge in [0.25, 0.3) is 0 Å². The molecule has 4 heteroatoms. The maximum Gasteiger partial charge on any atom is 0.369 e. The Hall–Kier alpha value is -0.900. The van der Waals surface area contributed by atoms with Gasteiger partial charge < -0.3 is 9.52 Å². The van der Waals surface area contributed by atoms with Crippen molar-refractivity contribution in [1.29, 1.82) is 0 Å². The molecule has 0 saturated carbocycles. The summed E-state index contributed by atoms with van der Waals surface area (Å²) in [5.41, 5.74) is 0. The van der Waals surface area contributed by atoms with Gasteiger partial charge in [0.2, 0.25) is 0 Å². The summed E-state index contributed by atoms with van der Waals surface area (Å²) >= 11 is 0.755. The van der Waals surface area contributed by atoms with Crippen LogP contribution in [0.15, 0.2) is 21.6 Å². The van der Waals surface area contributed by atoms with Gasteiger partial charge in [0.1, 0.15) is 5.76 Å². The molecule has 1 aromatic rings. The quantitative estimate of drug-likeness (QED) is 0.637. The third-order valence-electron chi connectivity index (χ3n) is 1.01. The molecule has 1 aromatic heterocycles. The molecule has 0 spiro atoms. The monoisotopic (exact) mass is 158 g/mol. The summed E-state index contributed by atoms with van der Waals surface area (Å²) in [5, 5.41) is 7.42. The molecule has 1 heterocycles. The van der Waals surface area contributed by atoms with Crippen LogP contribution in [0.3, 0.4) is 0 Å². The van der Waals surface area contributed by atoms with Crippen molar-refractivity contribution in [1.82, 2.24) is 0 Å². The normalized spacial score (nSPS) is 9.70. The number of furan rings is 1. The Morgan fingerprint density at radius 1 is 1.80 bits per heavy atom. The van der Waals surface area contributed by atoms with Crippen LogP contribution in [0.1, 0.15) is 5.76 Å². The zero-order valence-electron chi connectivity index (χ0n) is 5.33. The second kappa shape index (κ2) is 2.79. The van der Waals surface area contributed by atoms with Crippen LogP contribution in [0.5, 0.6) is 0 Å². The molecule has 0 unspecified atom stereocenters. The molecule has 0 amide bonds. The van der Waals surface area contributed by atoms with Crippen LogP contribution in [-0.2, 0) is 0 Å². The van der Waals surface area contributed by atoms with E-state index in [4.69, 9.17) is 9.52 Å². The number of hydrogen-bond donors (Lipinski definition) is 1. The zero-order chi connectivity index (χ0) is 7.56. The van der Waals surface area contributed by atoms with Crippen molar-refractivity contribution < 1.29 is 14.3 Å². The maximum atomic E-state index is 10.1. The first-order chi connectivity index (χ1) is 4.70. The lowest BCUT2D eigenvalue weighted by atomic mass is 10.5. The highest BCUT2D eigenvalue weighted by Crippen LogP contribution is 2.22. The van der Waals surface area contributed by atoms with Crippen molar-refractivity contribution in [3.63, 3.8) is 0 Å². The van der Waals surface area contributed by atoms with E-state index in [1.807, 2.05) is 0 Å². The summed E-state index contributed by atoms with van der Waals surface area (Å²) < 4.78 is 4.88. The summed E-state index contributed by atoms with van der Waals surface area (Å²) in [6, 6.07) is 1.63. The summed E-state index contributed by atoms with van der Waals surface area (Å²) in [4.78, 5) is 10.8. The molecule has 0 bridgehead atoms.